The van der Waals surface area contributed by atoms with Crippen LogP contribution in [-0.4, -0.2) is 41.3 Å². The first-order valence-electron chi connectivity index (χ1n) is 5.77. The highest BCUT2D eigenvalue weighted by Crippen LogP contribution is 2.17. The summed E-state index contributed by atoms with van der Waals surface area (Å²) in [5.41, 5.74) is 0.750. The molecule has 0 radical (unpaired) electrons. The van der Waals surface area contributed by atoms with Gasteiger partial charge in [0, 0.05) is 34.7 Å². The van der Waals surface area contributed by atoms with Crippen LogP contribution >= 0.6 is 23.4 Å². The number of nitrogens with zero attached hydrogens (tertiary/aromatic N) is 1. The van der Waals surface area contributed by atoms with Crippen LogP contribution in [0.5, 0.6) is 0 Å². The summed E-state index contributed by atoms with van der Waals surface area (Å²) in [6.45, 7) is 3.70. The molecule has 1 aliphatic heterocycles. The average Bonchev–Trinajstić information content (AvgIpc) is 2.33. The van der Waals surface area contributed by atoms with E-state index >= 15 is 0 Å². The molecular formula is C13H16ClNOS. The maximum absolute atomic E-state index is 12.1. The second kappa shape index (κ2) is 5.89. The molecule has 4 heteroatoms. The molecule has 0 spiro atoms. The summed E-state index contributed by atoms with van der Waals surface area (Å²) < 4.78 is 0. The summed E-state index contributed by atoms with van der Waals surface area (Å²) >= 11 is 7.77. The van der Waals surface area contributed by atoms with Crippen molar-refractivity contribution in [2.45, 2.75) is 13.0 Å². The number of halogens is 1. The summed E-state index contributed by atoms with van der Waals surface area (Å²) in [5.74, 6) is 2.42. The number of hydrogen-bond acceptors (Lipinski definition) is 3. The number of Topliss-reactive ketones (excluding diaryl/α,β-unsaturated/α-hetero) is 1. The number of carbonyl (C=O) groups excluding carboxylic acids is 1. The van der Waals surface area contributed by atoms with Gasteiger partial charge in [0.05, 0.1) is 6.54 Å². The molecule has 1 aromatic carbocycles. The third-order valence-electron chi connectivity index (χ3n) is 3.02. The Kier molecular flexibility index (Phi) is 4.48. The van der Waals surface area contributed by atoms with E-state index in [0.717, 1.165) is 23.6 Å². The largest absolute Gasteiger partial charge is 0.293 e. The van der Waals surface area contributed by atoms with E-state index in [4.69, 9.17) is 11.6 Å². The van der Waals surface area contributed by atoms with E-state index in [1.165, 1.54) is 0 Å². The topological polar surface area (TPSA) is 20.3 Å². The maximum Gasteiger partial charge on any atom is 0.176 e. The summed E-state index contributed by atoms with van der Waals surface area (Å²) in [4.78, 5) is 14.3. The SMILES string of the molecule is CC1CSCCN1CC(=O)c1ccc(Cl)cc1. The molecule has 92 valence electrons. The van der Waals surface area contributed by atoms with Gasteiger partial charge < -0.3 is 0 Å². The van der Waals surface area contributed by atoms with Gasteiger partial charge in [-0.2, -0.15) is 11.8 Å². The van der Waals surface area contributed by atoms with E-state index in [1.807, 2.05) is 11.8 Å². The molecule has 0 bridgehead atoms. The van der Waals surface area contributed by atoms with Crippen molar-refractivity contribution in [3.05, 3.63) is 34.9 Å². The lowest BCUT2D eigenvalue weighted by atomic mass is 10.1. The molecule has 2 nitrogen and oxygen atoms in total. The highest BCUT2D eigenvalue weighted by Gasteiger charge is 2.21. The van der Waals surface area contributed by atoms with Crippen LogP contribution in [0.25, 0.3) is 0 Å². The Morgan fingerprint density at radius 3 is 2.82 bits per heavy atom. The highest BCUT2D eigenvalue weighted by atomic mass is 35.5. The fraction of sp³-hybridized carbons (Fsp3) is 0.462. The van der Waals surface area contributed by atoms with Gasteiger partial charge >= 0.3 is 0 Å². The van der Waals surface area contributed by atoms with Gasteiger partial charge in [-0.3, -0.25) is 9.69 Å². The monoisotopic (exact) mass is 269 g/mol. The molecule has 1 aromatic rings. The number of thioether (sulfide) groups is 1. The number of benzene rings is 1. The van der Waals surface area contributed by atoms with Crippen molar-refractivity contribution in [2.75, 3.05) is 24.6 Å². The minimum absolute atomic E-state index is 0.181. The van der Waals surface area contributed by atoms with E-state index in [9.17, 15) is 4.79 Å². The fourth-order valence-electron chi connectivity index (χ4n) is 1.91. The quantitative estimate of drug-likeness (QED) is 0.787. The molecule has 1 unspecified atom stereocenters. The normalized spacial score (nSPS) is 21.4. The Hall–Kier alpha value is -0.510. The lowest BCUT2D eigenvalue weighted by Gasteiger charge is -2.32. The molecule has 1 heterocycles. The molecule has 0 aromatic heterocycles. The van der Waals surface area contributed by atoms with Crippen LogP contribution in [0.3, 0.4) is 0 Å². The zero-order valence-electron chi connectivity index (χ0n) is 9.86. The van der Waals surface area contributed by atoms with Gasteiger partial charge in [-0.15, -0.1) is 0 Å². The maximum atomic E-state index is 12.1. The standard InChI is InChI=1S/C13H16ClNOS/c1-10-9-17-7-6-15(10)8-13(16)11-2-4-12(14)5-3-11/h2-5,10H,6-9H2,1H3. The molecule has 2 rings (SSSR count). The molecule has 1 aliphatic rings. The molecule has 17 heavy (non-hydrogen) atoms. The zero-order chi connectivity index (χ0) is 12.3. The van der Waals surface area contributed by atoms with Crippen LogP contribution in [0.1, 0.15) is 17.3 Å². The van der Waals surface area contributed by atoms with E-state index in [-0.39, 0.29) is 5.78 Å². The van der Waals surface area contributed by atoms with E-state index in [2.05, 4.69) is 11.8 Å². The highest BCUT2D eigenvalue weighted by molar-refractivity contribution is 7.99. The Bertz CT molecular complexity index is 393. The van der Waals surface area contributed by atoms with Crippen molar-refractivity contribution in [2.24, 2.45) is 0 Å². The van der Waals surface area contributed by atoms with Crippen molar-refractivity contribution in [1.29, 1.82) is 0 Å². The van der Waals surface area contributed by atoms with Crippen LogP contribution in [0.15, 0.2) is 24.3 Å². The third kappa shape index (κ3) is 3.47. The van der Waals surface area contributed by atoms with Crippen molar-refractivity contribution >= 4 is 29.1 Å². The van der Waals surface area contributed by atoms with E-state index < -0.39 is 0 Å². The first-order valence-corrected chi connectivity index (χ1v) is 7.30. The second-order valence-corrected chi connectivity index (χ2v) is 5.91. The molecule has 0 amide bonds. The molecule has 1 saturated heterocycles. The van der Waals surface area contributed by atoms with Gasteiger partial charge in [-0.1, -0.05) is 11.6 Å². The van der Waals surface area contributed by atoms with Crippen LogP contribution < -0.4 is 0 Å². The smallest absolute Gasteiger partial charge is 0.176 e. The molecule has 1 fully saturated rings. The van der Waals surface area contributed by atoms with Gasteiger partial charge in [-0.25, -0.2) is 0 Å². The number of carbonyl (C=O) groups is 1. The minimum Gasteiger partial charge on any atom is -0.293 e. The summed E-state index contributed by atoms with van der Waals surface area (Å²) in [5, 5.41) is 0.671. The summed E-state index contributed by atoms with van der Waals surface area (Å²) in [6, 6.07) is 7.63. The predicted octanol–water partition coefficient (Wildman–Crippen LogP) is 2.96. The molecule has 1 atom stereocenters. The Balaban J connectivity index is 1.98. The van der Waals surface area contributed by atoms with Gasteiger partial charge in [0.25, 0.3) is 0 Å². The number of hydrogen-bond donors (Lipinski definition) is 0. The zero-order valence-corrected chi connectivity index (χ0v) is 11.4. The Morgan fingerprint density at radius 1 is 1.47 bits per heavy atom. The molecule has 0 aliphatic carbocycles. The van der Waals surface area contributed by atoms with Crippen LogP contribution in [0.2, 0.25) is 5.02 Å². The fourth-order valence-corrected chi connectivity index (χ4v) is 3.12. The van der Waals surface area contributed by atoms with Gasteiger partial charge in [0.15, 0.2) is 5.78 Å². The lowest BCUT2D eigenvalue weighted by molar-refractivity contribution is 0.0911. The lowest BCUT2D eigenvalue weighted by Crippen LogP contribution is -2.43. The van der Waals surface area contributed by atoms with Gasteiger partial charge in [0.2, 0.25) is 0 Å². The predicted molar refractivity (Wildman–Crippen MR) is 74.1 cm³/mol. The van der Waals surface area contributed by atoms with Crippen molar-refractivity contribution in [1.82, 2.24) is 4.90 Å². The number of rotatable bonds is 3. The van der Waals surface area contributed by atoms with E-state index in [0.29, 0.717) is 17.6 Å². The third-order valence-corrected chi connectivity index (χ3v) is 4.46. The van der Waals surface area contributed by atoms with Crippen LogP contribution in [0, 0.1) is 0 Å². The molecular weight excluding hydrogens is 254 g/mol. The Morgan fingerprint density at radius 2 is 2.18 bits per heavy atom. The number of ketones is 1. The van der Waals surface area contributed by atoms with Crippen LogP contribution in [0.4, 0.5) is 0 Å². The second-order valence-electron chi connectivity index (χ2n) is 4.32. The van der Waals surface area contributed by atoms with E-state index in [1.54, 1.807) is 24.3 Å². The van der Waals surface area contributed by atoms with Crippen molar-refractivity contribution < 1.29 is 4.79 Å². The van der Waals surface area contributed by atoms with Crippen LogP contribution in [-0.2, 0) is 0 Å². The first-order chi connectivity index (χ1) is 8.16. The molecule has 0 N–H and O–H groups in total. The van der Waals surface area contributed by atoms with Gasteiger partial charge in [0.1, 0.15) is 0 Å². The van der Waals surface area contributed by atoms with Gasteiger partial charge in [-0.05, 0) is 31.2 Å². The summed E-state index contributed by atoms with van der Waals surface area (Å²) in [6.07, 6.45) is 0. The molecule has 0 saturated carbocycles. The van der Waals surface area contributed by atoms with Crippen molar-refractivity contribution in [3.8, 4) is 0 Å². The average molecular weight is 270 g/mol. The minimum atomic E-state index is 0.181. The van der Waals surface area contributed by atoms with Crippen molar-refractivity contribution in [3.63, 3.8) is 0 Å². The first kappa shape index (κ1) is 12.9. The Labute approximate surface area is 111 Å². The summed E-state index contributed by atoms with van der Waals surface area (Å²) in [7, 11) is 0.